The van der Waals surface area contributed by atoms with Crippen LogP contribution in [-0.4, -0.2) is 31.5 Å². The third kappa shape index (κ3) is 3.79. The largest absolute Gasteiger partial charge is 0.497 e. The SMILES string of the molecule is COc1ccc(NC(=O)c2oc3ccc4c(c3c2C)C(=O)CC2(CCCCCC2)O4)c(OC)c1. The highest BCUT2D eigenvalue weighted by molar-refractivity contribution is 6.15. The summed E-state index contributed by atoms with van der Waals surface area (Å²) in [6.45, 7) is 1.80. The van der Waals surface area contributed by atoms with Gasteiger partial charge in [-0.2, -0.15) is 0 Å². The quantitative estimate of drug-likeness (QED) is 0.505. The number of furan rings is 1. The summed E-state index contributed by atoms with van der Waals surface area (Å²) >= 11 is 0. The predicted octanol–water partition coefficient (Wildman–Crippen LogP) is 6.07. The summed E-state index contributed by atoms with van der Waals surface area (Å²) in [6, 6.07) is 8.72. The number of fused-ring (bicyclic) bond motifs is 3. The number of Topliss-reactive ketones (excluding diaryl/α,β-unsaturated/α-hetero) is 1. The summed E-state index contributed by atoms with van der Waals surface area (Å²) in [5.74, 6) is 1.47. The Morgan fingerprint density at radius 2 is 1.79 bits per heavy atom. The van der Waals surface area contributed by atoms with Crippen LogP contribution in [0.2, 0.25) is 0 Å². The number of benzene rings is 2. The molecule has 5 rings (SSSR count). The number of carbonyl (C=O) groups is 2. The molecule has 7 nitrogen and oxygen atoms in total. The first-order chi connectivity index (χ1) is 16.4. The van der Waals surface area contributed by atoms with Gasteiger partial charge in [0.1, 0.15) is 28.4 Å². The first-order valence-corrected chi connectivity index (χ1v) is 11.8. The molecule has 7 heteroatoms. The van der Waals surface area contributed by atoms with Crippen LogP contribution in [0.1, 0.15) is 71.4 Å². The number of carbonyl (C=O) groups excluding carboxylic acids is 2. The van der Waals surface area contributed by atoms with E-state index >= 15 is 0 Å². The normalized spacial score (nSPS) is 17.1. The number of ketones is 1. The number of nitrogens with one attached hydrogen (secondary N) is 1. The van der Waals surface area contributed by atoms with Crippen molar-refractivity contribution < 1.29 is 28.2 Å². The lowest BCUT2D eigenvalue weighted by molar-refractivity contribution is 0.0301. The van der Waals surface area contributed by atoms with E-state index in [-0.39, 0.29) is 11.5 Å². The van der Waals surface area contributed by atoms with E-state index in [1.54, 1.807) is 44.4 Å². The van der Waals surface area contributed by atoms with Crippen molar-refractivity contribution in [3.63, 3.8) is 0 Å². The summed E-state index contributed by atoms with van der Waals surface area (Å²) in [4.78, 5) is 26.6. The molecule has 0 saturated heterocycles. The van der Waals surface area contributed by atoms with Crippen LogP contribution >= 0.6 is 0 Å². The smallest absolute Gasteiger partial charge is 0.291 e. The van der Waals surface area contributed by atoms with Gasteiger partial charge in [-0.25, -0.2) is 0 Å². The van der Waals surface area contributed by atoms with Gasteiger partial charge in [0.25, 0.3) is 5.91 Å². The molecule has 1 N–H and O–H groups in total. The highest BCUT2D eigenvalue weighted by Crippen LogP contribution is 2.45. The average Bonchev–Trinajstić information content (AvgIpc) is 3.01. The van der Waals surface area contributed by atoms with Gasteiger partial charge in [-0.3, -0.25) is 9.59 Å². The minimum absolute atomic E-state index is 0.0569. The third-order valence-electron chi connectivity index (χ3n) is 7.02. The number of ether oxygens (including phenoxy) is 3. The zero-order valence-corrected chi connectivity index (χ0v) is 19.8. The molecular weight excluding hydrogens is 434 g/mol. The second-order valence-electron chi connectivity index (χ2n) is 9.19. The van der Waals surface area contributed by atoms with Crippen LogP contribution < -0.4 is 19.5 Å². The van der Waals surface area contributed by atoms with Crippen molar-refractivity contribution in [1.82, 2.24) is 0 Å². The maximum atomic E-state index is 13.4. The Morgan fingerprint density at radius 1 is 1.03 bits per heavy atom. The molecule has 34 heavy (non-hydrogen) atoms. The Labute approximate surface area is 198 Å². The molecule has 1 aliphatic carbocycles. The third-order valence-corrected chi connectivity index (χ3v) is 7.02. The van der Waals surface area contributed by atoms with E-state index in [2.05, 4.69) is 5.32 Å². The molecule has 1 spiro atoms. The predicted molar refractivity (Wildman–Crippen MR) is 128 cm³/mol. The minimum Gasteiger partial charge on any atom is -0.497 e. The monoisotopic (exact) mass is 463 g/mol. The lowest BCUT2D eigenvalue weighted by Crippen LogP contribution is -2.41. The lowest BCUT2D eigenvalue weighted by atomic mass is 9.83. The standard InChI is InChI=1S/C27H29NO6/c1-16-23-20(33-25(16)26(30)28-18-9-8-17(31-2)14-22(18)32-3)10-11-21-24(23)19(29)15-27(34-21)12-6-4-5-7-13-27/h8-11,14H,4-7,12-13,15H2,1-3H3,(H,28,30). The summed E-state index contributed by atoms with van der Waals surface area (Å²) in [5, 5.41) is 3.50. The van der Waals surface area contributed by atoms with Crippen LogP contribution in [0.3, 0.4) is 0 Å². The topological polar surface area (TPSA) is 87.0 Å². The zero-order chi connectivity index (χ0) is 23.9. The number of anilines is 1. The molecule has 1 aliphatic heterocycles. The number of hydrogen-bond acceptors (Lipinski definition) is 6. The van der Waals surface area contributed by atoms with Crippen molar-refractivity contribution in [1.29, 1.82) is 0 Å². The minimum atomic E-state index is -0.421. The van der Waals surface area contributed by atoms with Crippen molar-refractivity contribution in [3.05, 3.63) is 47.2 Å². The molecular formula is C27H29NO6. The zero-order valence-electron chi connectivity index (χ0n) is 19.8. The highest BCUT2D eigenvalue weighted by atomic mass is 16.5. The van der Waals surface area contributed by atoms with Crippen molar-refractivity contribution >= 4 is 28.3 Å². The van der Waals surface area contributed by atoms with Gasteiger partial charge in [-0.1, -0.05) is 12.8 Å². The van der Waals surface area contributed by atoms with Crippen molar-refractivity contribution in [2.75, 3.05) is 19.5 Å². The second-order valence-corrected chi connectivity index (χ2v) is 9.19. The molecule has 3 aromatic rings. The number of amides is 1. The summed E-state index contributed by atoms with van der Waals surface area (Å²) in [6.07, 6.45) is 6.70. The van der Waals surface area contributed by atoms with Gasteiger partial charge in [0.2, 0.25) is 0 Å². The van der Waals surface area contributed by atoms with E-state index in [0.717, 1.165) is 25.7 Å². The van der Waals surface area contributed by atoms with Crippen molar-refractivity contribution in [2.45, 2.75) is 57.5 Å². The Balaban J connectivity index is 1.50. The van der Waals surface area contributed by atoms with Crippen LogP contribution in [0.5, 0.6) is 17.2 Å². The Bertz CT molecular complexity index is 1270. The fourth-order valence-electron chi connectivity index (χ4n) is 5.28. The fraction of sp³-hybridized carbons (Fsp3) is 0.407. The van der Waals surface area contributed by atoms with Crippen molar-refractivity contribution in [3.8, 4) is 17.2 Å². The molecule has 2 aromatic carbocycles. The Kier molecular flexibility index (Phi) is 5.71. The second kappa shape index (κ2) is 8.70. The van der Waals surface area contributed by atoms with Crippen LogP contribution in [0.25, 0.3) is 11.0 Å². The van der Waals surface area contributed by atoms with Gasteiger partial charge in [0, 0.05) is 17.0 Å². The van der Waals surface area contributed by atoms with Crippen LogP contribution in [0.4, 0.5) is 5.69 Å². The maximum absolute atomic E-state index is 13.4. The van der Waals surface area contributed by atoms with Crippen LogP contribution in [-0.2, 0) is 0 Å². The highest BCUT2D eigenvalue weighted by Gasteiger charge is 2.42. The Morgan fingerprint density at radius 3 is 2.50 bits per heavy atom. The van der Waals surface area contributed by atoms with E-state index in [4.69, 9.17) is 18.6 Å². The van der Waals surface area contributed by atoms with Gasteiger partial charge in [0.15, 0.2) is 11.5 Å². The molecule has 0 atom stereocenters. The summed E-state index contributed by atoms with van der Waals surface area (Å²) in [7, 11) is 3.09. The number of rotatable bonds is 4. The molecule has 0 unspecified atom stereocenters. The molecule has 2 aliphatic rings. The van der Waals surface area contributed by atoms with E-state index in [0.29, 0.717) is 51.5 Å². The maximum Gasteiger partial charge on any atom is 0.291 e. The molecule has 1 aromatic heterocycles. The fourth-order valence-corrected chi connectivity index (χ4v) is 5.28. The van der Waals surface area contributed by atoms with Crippen LogP contribution in [0, 0.1) is 6.92 Å². The first kappa shape index (κ1) is 22.3. The number of methoxy groups -OCH3 is 2. The average molecular weight is 464 g/mol. The molecule has 1 fully saturated rings. The summed E-state index contributed by atoms with van der Waals surface area (Å²) < 4.78 is 23.0. The van der Waals surface area contributed by atoms with Gasteiger partial charge in [-0.05, 0) is 56.9 Å². The molecule has 0 radical (unpaired) electrons. The van der Waals surface area contributed by atoms with Crippen LogP contribution in [0.15, 0.2) is 34.7 Å². The molecule has 178 valence electrons. The molecule has 1 amide bonds. The van der Waals surface area contributed by atoms with E-state index in [1.807, 2.05) is 0 Å². The van der Waals surface area contributed by atoms with Gasteiger partial charge >= 0.3 is 0 Å². The van der Waals surface area contributed by atoms with E-state index in [9.17, 15) is 9.59 Å². The number of aryl methyl sites for hydroxylation is 1. The van der Waals surface area contributed by atoms with Gasteiger partial charge < -0.3 is 23.9 Å². The summed E-state index contributed by atoms with van der Waals surface area (Å²) in [5.41, 5.74) is 1.72. The van der Waals surface area contributed by atoms with E-state index in [1.165, 1.54) is 20.0 Å². The van der Waals surface area contributed by atoms with E-state index < -0.39 is 11.5 Å². The first-order valence-electron chi connectivity index (χ1n) is 11.8. The molecule has 2 heterocycles. The van der Waals surface area contributed by atoms with Gasteiger partial charge in [0.05, 0.1) is 31.9 Å². The lowest BCUT2D eigenvalue weighted by Gasteiger charge is -2.37. The number of hydrogen-bond donors (Lipinski definition) is 1. The van der Waals surface area contributed by atoms with Crippen molar-refractivity contribution in [2.24, 2.45) is 0 Å². The molecule has 1 saturated carbocycles. The van der Waals surface area contributed by atoms with Gasteiger partial charge in [-0.15, -0.1) is 0 Å². The Hall–Kier alpha value is -3.48. The molecule has 0 bridgehead atoms.